The summed E-state index contributed by atoms with van der Waals surface area (Å²) in [5.41, 5.74) is 1.02. The van der Waals surface area contributed by atoms with Crippen LogP contribution in [0.5, 0.6) is 5.75 Å². The molecule has 36 heavy (non-hydrogen) atoms. The highest BCUT2D eigenvalue weighted by Crippen LogP contribution is 2.38. The molecule has 3 N–H and O–H groups in total. The first-order valence-electron chi connectivity index (χ1n) is 11.8. The van der Waals surface area contributed by atoms with Gasteiger partial charge in [0.05, 0.1) is 25.3 Å². The fourth-order valence-electron chi connectivity index (χ4n) is 3.78. The smallest absolute Gasteiger partial charge is 0.267 e. The van der Waals surface area contributed by atoms with E-state index in [0.717, 1.165) is 11.1 Å². The summed E-state index contributed by atoms with van der Waals surface area (Å²) in [5, 5.41) is 22.3. The second-order valence-electron chi connectivity index (χ2n) is 7.92. The van der Waals surface area contributed by atoms with E-state index in [-0.39, 0.29) is 31.0 Å². The number of fused-ring (bicyclic) bond motifs is 1. The minimum Gasteiger partial charge on any atom is -0.505 e. The van der Waals surface area contributed by atoms with Gasteiger partial charge in [0, 0.05) is 25.4 Å². The summed E-state index contributed by atoms with van der Waals surface area (Å²) < 4.78 is 26.0. The maximum Gasteiger partial charge on any atom is 0.267 e. The first-order valence-corrected chi connectivity index (χ1v) is 13.2. The van der Waals surface area contributed by atoms with Gasteiger partial charge in [0.25, 0.3) is 11.5 Å². The standard InChI is InChI=1S/C25H31FN3O6P/c1-3-34-36(35-4-2)13-5-11-29-20-15-18(14-17-6-8-19(26)9-7-17)16-28-22(20)23(31)21(25(29)33)24(32)27-10-12-30/h6-9,15-16,30-31H,3-5,10-14H2,1-2H3,(H,27,32). The normalized spacial score (nSPS) is 11.4. The van der Waals surface area contributed by atoms with Gasteiger partial charge in [-0.1, -0.05) is 12.1 Å². The molecule has 1 amide bonds. The Hall–Kier alpha value is -2.91. The van der Waals surface area contributed by atoms with Gasteiger partial charge in [-0.2, -0.15) is 0 Å². The number of carbonyl (C=O) groups is 1. The van der Waals surface area contributed by atoms with Crippen molar-refractivity contribution in [2.75, 3.05) is 32.5 Å². The van der Waals surface area contributed by atoms with E-state index in [2.05, 4.69) is 10.3 Å². The lowest BCUT2D eigenvalue weighted by Crippen LogP contribution is -2.35. The zero-order chi connectivity index (χ0) is 26.1. The van der Waals surface area contributed by atoms with E-state index >= 15 is 0 Å². The molecule has 0 radical (unpaired) electrons. The van der Waals surface area contributed by atoms with Gasteiger partial charge < -0.3 is 29.1 Å². The van der Waals surface area contributed by atoms with Gasteiger partial charge in [-0.15, -0.1) is 0 Å². The third-order valence-electron chi connectivity index (χ3n) is 5.35. The largest absolute Gasteiger partial charge is 0.505 e. The molecule has 0 atom stereocenters. The second kappa shape index (κ2) is 13.4. The number of aryl methyl sites for hydroxylation is 1. The molecule has 0 unspecified atom stereocenters. The number of nitrogens with zero attached hydrogens (tertiary/aromatic N) is 2. The molecule has 3 aromatic rings. The molecule has 0 fully saturated rings. The average molecular weight is 520 g/mol. The Morgan fingerprint density at radius 3 is 2.50 bits per heavy atom. The first kappa shape index (κ1) is 27.7. The lowest BCUT2D eigenvalue weighted by atomic mass is 10.1. The maximum atomic E-state index is 13.4. The number of hydrogen-bond donors (Lipinski definition) is 3. The van der Waals surface area contributed by atoms with Gasteiger partial charge in [0.15, 0.2) is 14.1 Å². The molecule has 0 aliphatic rings. The lowest BCUT2D eigenvalue weighted by Gasteiger charge is -2.18. The molecule has 11 heteroatoms. The number of aliphatic hydroxyl groups is 1. The van der Waals surface area contributed by atoms with E-state index < -0.39 is 31.2 Å². The summed E-state index contributed by atoms with van der Waals surface area (Å²) in [6, 6.07) is 7.83. The van der Waals surface area contributed by atoms with Crippen LogP contribution in [0.15, 0.2) is 41.3 Å². The molecule has 194 valence electrons. The number of hydrogen-bond acceptors (Lipinski definition) is 7. The van der Waals surface area contributed by atoms with Crippen LogP contribution in [0.25, 0.3) is 11.0 Å². The molecule has 2 heterocycles. The van der Waals surface area contributed by atoms with Crippen LogP contribution in [-0.4, -0.2) is 58.2 Å². The van der Waals surface area contributed by atoms with E-state index in [4.69, 9.17) is 14.2 Å². The van der Waals surface area contributed by atoms with Crippen molar-refractivity contribution in [1.82, 2.24) is 14.9 Å². The van der Waals surface area contributed by atoms with Gasteiger partial charge in [0.1, 0.15) is 16.9 Å². The number of aromatic hydroxyl groups is 1. The number of carbonyl (C=O) groups excluding carboxylic acids is 1. The summed E-state index contributed by atoms with van der Waals surface area (Å²) >= 11 is 0. The predicted molar refractivity (Wildman–Crippen MR) is 136 cm³/mol. The van der Waals surface area contributed by atoms with Gasteiger partial charge >= 0.3 is 0 Å². The molecular formula is C25H31FN3O6P. The number of halogens is 1. The highest BCUT2D eigenvalue weighted by atomic mass is 31.2. The Balaban J connectivity index is 2.02. The van der Waals surface area contributed by atoms with E-state index in [9.17, 15) is 19.1 Å². The quantitative estimate of drug-likeness (QED) is 0.296. The Morgan fingerprint density at radius 2 is 1.86 bits per heavy atom. The van der Waals surface area contributed by atoms with Gasteiger partial charge in [-0.3, -0.25) is 14.6 Å². The molecule has 0 spiro atoms. The van der Waals surface area contributed by atoms with Crippen molar-refractivity contribution in [2.45, 2.75) is 33.2 Å². The molecular weight excluding hydrogens is 488 g/mol. The van der Waals surface area contributed by atoms with Gasteiger partial charge in [-0.25, -0.2) is 4.39 Å². The number of benzene rings is 1. The fraction of sp³-hybridized carbons (Fsp3) is 0.400. The fourth-order valence-corrected chi connectivity index (χ4v) is 5.09. The molecule has 0 saturated carbocycles. The van der Waals surface area contributed by atoms with Crippen molar-refractivity contribution in [3.63, 3.8) is 0 Å². The topological polar surface area (TPSA) is 123 Å². The molecule has 0 bridgehead atoms. The number of aliphatic hydroxyl groups excluding tert-OH is 1. The molecule has 0 aliphatic carbocycles. The zero-order valence-electron chi connectivity index (χ0n) is 20.4. The molecule has 0 saturated heterocycles. The van der Waals surface area contributed by atoms with Crippen LogP contribution in [0.2, 0.25) is 0 Å². The second-order valence-corrected chi connectivity index (χ2v) is 9.55. The Kier molecular flexibility index (Phi) is 10.3. The molecule has 0 aliphatic heterocycles. The summed E-state index contributed by atoms with van der Waals surface area (Å²) in [7, 11) is -1.10. The number of pyridine rings is 2. The van der Waals surface area contributed by atoms with Crippen LogP contribution < -0.4 is 10.9 Å². The van der Waals surface area contributed by atoms with Gasteiger partial charge in [-0.05, 0) is 56.0 Å². The maximum absolute atomic E-state index is 13.4. The summed E-state index contributed by atoms with van der Waals surface area (Å²) in [6.45, 7) is 4.68. The highest BCUT2D eigenvalue weighted by Gasteiger charge is 2.23. The van der Waals surface area contributed by atoms with E-state index in [1.807, 2.05) is 13.8 Å². The number of aromatic nitrogens is 2. The summed E-state index contributed by atoms with van der Waals surface area (Å²) in [5.74, 6) is -1.63. The first-order chi connectivity index (χ1) is 17.4. The highest BCUT2D eigenvalue weighted by molar-refractivity contribution is 7.47. The van der Waals surface area contributed by atoms with Crippen LogP contribution in [0.4, 0.5) is 4.39 Å². The lowest BCUT2D eigenvalue weighted by molar-refractivity contribution is 0.0940. The van der Waals surface area contributed by atoms with Crippen LogP contribution in [-0.2, 0) is 22.0 Å². The van der Waals surface area contributed by atoms with E-state index in [1.54, 1.807) is 24.4 Å². The minimum atomic E-state index is -1.10. The van der Waals surface area contributed by atoms with E-state index in [0.29, 0.717) is 37.7 Å². The van der Waals surface area contributed by atoms with Crippen molar-refractivity contribution in [1.29, 1.82) is 0 Å². The third kappa shape index (κ3) is 6.85. The van der Waals surface area contributed by atoms with Crippen LogP contribution in [0.1, 0.15) is 41.8 Å². The van der Waals surface area contributed by atoms with Crippen molar-refractivity contribution in [3.8, 4) is 5.75 Å². The van der Waals surface area contributed by atoms with Crippen molar-refractivity contribution in [3.05, 3.63) is 69.4 Å². The number of nitrogens with one attached hydrogen (secondary N) is 1. The van der Waals surface area contributed by atoms with Crippen molar-refractivity contribution >= 4 is 25.3 Å². The Labute approximate surface area is 209 Å². The number of amides is 1. The monoisotopic (exact) mass is 519 g/mol. The molecule has 9 nitrogen and oxygen atoms in total. The van der Waals surface area contributed by atoms with Crippen molar-refractivity contribution < 1.29 is 28.4 Å². The summed E-state index contributed by atoms with van der Waals surface area (Å²) in [4.78, 5) is 30.4. The Bertz CT molecular complexity index is 1230. The molecule has 2 aromatic heterocycles. The zero-order valence-corrected chi connectivity index (χ0v) is 21.3. The number of rotatable bonds is 13. The van der Waals surface area contributed by atoms with Crippen LogP contribution in [0.3, 0.4) is 0 Å². The third-order valence-corrected chi connectivity index (χ3v) is 7.12. The SMILES string of the molecule is CCOP(CCCn1c(=O)c(C(=O)NCCO)c(O)c2ncc(Cc3ccc(F)cc3)cc21)OCC. The van der Waals surface area contributed by atoms with Crippen LogP contribution in [0, 0.1) is 5.82 Å². The summed E-state index contributed by atoms with van der Waals surface area (Å²) in [6.07, 6.45) is 3.11. The molecule has 3 rings (SSSR count). The molecule has 1 aromatic carbocycles. The van der Waals surface area contributed by atoms with E-state index in [1.165, 1.54) is 16.7 Å². The predicted octanol–water partition coefficient (Wildman–Crippen LogP) is 3.33. The minimum absolute atomic E-state index is 0.0627. The van der Waals surface area contributed by atoms with Crippen LogP contribution >= 0.6 is 8.38 Å². The van der Waals surface area contributed by atoms with Crippen molar-refractivity contribution in [2.24, 2.45) is 0 Å². The Morgan fingerprint density at radius 1 is 1.17 bits per heavy atom. The average Bonchev–Trinajstić information content (AvgIpc) is 2.86. The van der Waals surface area contributed by atoms with Gasteiger partial charge in [0.2, 0.25) is 0 Å².